The number of carbonyl (C=O) groups excluding carboxylic acids is 4. The number of carboxylic acids is 2. The zero-order chi connectivity index (χ0) is 81.9. The van der Waals surface area contributed by atoms with E-state index in [4.69, 9.17) is 0 Å². The second-order valence-electron chi connectivity index (χ2n) is 31.1. The summed E-state index contributed by atoms with van der Waals surface area (Å²) in [6, 6.07) is 28.6. The summed E-state index contributed by atoms with van der Waals surface area (Å²) >= 11 is 0. The Balaban J connectivity index is 0.0000168. The van der Waals surface area contributed by atoms with Crippen molar-refractivity contribution in [3.63, 3.8) is 0 Å². The van der Waals surface area contributed by atoms with Crippen molar-refractivity contribution in [2.45, 2.75) is 106 Å². The van der Waals surface area contributed by atoms with Crippen molar-refractivity contribution < 1.29 is 93.2 Å². The van der Waals surface area contributed by atoms with Crippen molar-refractivity contribution in [3.05, 3.63) is 142 Å². The Bertz CT molecular complexity index is 3140. The summed E-state index contributed by atoms with van der Waals surface area (Å²) in [5.41, 5.74) is 2.26. The number of hydrogen-bond donors (Lipinski definition) is 12. The molecule has 5 rings (SSSR count). The molecule has 0 saturated heterocycles. The third-order valence-electron chi connectivity index (χ3n) is 21.0. The number of amides is 4. The van der Waals surface area contributed by atoms with Gasteiger partial charge in [0, 0.05) is 204 Å². The molecule has 4 bridgehead atoms. The molecular weight excluding hydrogens is 1500 g/mol. The summed E-state index contributed by atoms with van der Waals surface area (Å²) in [6.45, 7) is 39.5. The molecule has 12 N–H and O–H groups in total. The molecule has 4 atom stereocenters. The minimum Gasteiger partial charge on any atom is -1.00 e. The average Bonchev–Trinajstić information content (AvgIpc) is 0.848. The van der Waals surface area contributed by atoms with E-state index in [0.29, 0.717) is 166 Å². The molecule has 644 valence electrons. The third-order valence-corrected chi connectivity index (χ3v) is 21.0. The number of benzene rings is 4. The van der Waals surface area contributed by atoms with Gasteiger partial charge in [-0.1, -0.05) is 88.4 Å². The molecule has 0 aliphatic carbocycles. The van der Waals surface area contributed by atoms with Gasteiger partial charge in [-0.25, -0.2) is 9.59 Å². The second-order valence-corrected chi connectivity index (χ2v) is 31.1. The maximum atomic E-state index is 13.8. The minimum absolute atomic E-state index is 0. The Morgan fingerprint density at radius 3 is 0.877 bits per heavy atom. The Hall–Kier alpha value is -6.36. The molecule has 30 heteroatoms. The fourth-order valence-electron chi connectivity index (χ4n) is 15.1. The van der Waals surface area contributed by atoms with Crippen LogP contribution in [-0.4, -0.2) is 388 Å². The van der Waals surface area contributed by atoms with Crippen LogP contribution in [0.2, 0.25) is 0 Å². The van der Waals surface area contributed by atoms with E-state index in [9.17, 15) is 59.4 Å². The highest BCUT2D eigenvalue weighted by atomic mass is 35.5. The van der Waals surface area contributed by atoms with E-state index in [1.807, 2.05) is 64.1 Å². The Morgan fingerprint density at radius 2 is 0.623 bits per heavy atom. The topological polar surface area (TPSA) is 322 Å². The number of aliphatic hydroxyl groups is 4. The van der Waals surface area contributed by atoms with Crippen molar-refractivity contribution >= 4 is 35.6 Å². The lowest BCUT2D eigenvalue weighted by Gasteiger charge is -2.42. The van der Waals surface area contributed by atoms with Crippen molar-refractivity contribution in [3.8, 4) is 0 Å². The van der Waals surface area contributed by atoms with E-state index < -0.39 is 60.0 Å². The average molecular weight is 1640 g/mol. The summed E-state index contributed by atoms with van der Waals surface area (Å²) in [5.74, 6) is -4.41. The zero-order valence-corrected chi connectivity index (χ0v) is 71.7. The third kappa shape index (κ3) is 40.2. The number of aromatic carboxylic acids is 2. The quantitative estimate of drug-likeness (QED) is 0.0279. The number of carboxylic acid groups (broad SMARTS) is 2. The van der Waals surface area contributed by atoms with E-state index in [2.05, 4.69) is 137 Å². The maximum Gasteiger partial charge on any atom is 0.335 e. The number of quaternary nitrogens is 2. The first-order valence-electron chi connectivity index (χ1n) is 41.2. The van der Waals surface area contributed by atoms with Crippen LogP contribution >= 0.6 is 0 Å². The van der Waals surface area contributed by atoms with Gasteiger partial charge in [-0.2, -0.15) is 0 Å². The van der Waals surface area contributed by atoms with Gasteiger partial charge in [0.1, 0.15) is 63.7 Å². The number of likely N-dealkylation sites (N-methyl/N-ethyl adjacent to an activating group) is 4. The van der Waals surface area contributed by atoms with E-state index in [0.717, 1.165) is 116 Å². The summed E-state index contributed by atoms with van der Waals surface area (Å²) in [6.07, 6.45) is -0.618. The Kier molecular flexibility index (Phi) is 50.1. The van der Waals surface area contributed by atoms with Crippen molar-refractivity contribution in [2.24, 2.45) is 0 Å². The van der Waals surface area contributed by atoms with Gasteiger partial charge in [0.25, 0.3) is 23.6 Å². The van der Waals surface area contributed by atoms with Crippen molar-refractivity contribution in [2.75, 3.05) is 250 Å². The van der Waals surface area contributed by atoms with E-state index in [1.54, 1.807) is 0 Å². The molecule has 0 fully saturated rings. The molecule has 0 aromatic heterocycles. The standard InChI is InChI=1S/C84H140N16O12.2ClH/c1-11-33-95-35-25-85-27-37-97(51-53-99(61-67(5)101,62-68(6)102)65-71-21-17-15-18-22-71)49-45-91(9)43-47-94(14-4)40-30-88-80(106)74-56-76(60-78(58-74)84(111)112)82(108)90-32-42-96(34-12-2)36-26-86-28-38-98(52-54-100(63-69(7)103,64-70(8)104)66-72-23-19-16-20-24-72)50-46-92(10)44-48-93(13-3)39-29-87-79(105)73-55-75(81(107)89-31-41-95)59-77(57-73)83(109)110;;/h15-24,55-60,67-70,85-86,101-104H,11-14,25-54,61-66H2,1-10H3,(H4-2,87,88,89,90,105,106,107,108,109,110,111,112);2*1H. The number of nitrogens with zero attached hydrogens (tertiary/aromatic N) is 10. The van der Waals surface area contributed by atoms with Gasteiger partial charge < -0.3 is 126 Å². The number of nitrogens with one attached hydrogen (secondary N) is 6. The highest BCUT2D eigenvalue weighted by molar-refractivity contribution is 6.04. The number of rotatable bonds is 26. The highest BCUT2D eigenvalue weighted by Gasteiger charge is 2.34. The van der Waals surface area contributed by atoms with Crippen molar-refractivity contribution in [1.29, 1.82) is 0 Å². The van der Waals surface area contributed by atoms with Crippen molar-refractivity contribution in [1.82, 2.24) is 71.1 Å². The van der Waals surface area contributed by atoms with Crippen LogP contribution in [0.15, 0.2) is 97.1 Å². The fourth-order valence-corrected chi connectivity index (χ4v) is 15.1. The van der Waals surface area contributed by atoms with E-state index >= 15 is 0 Å². The van der Waals surface area contributed by atoms with Gasteiger partial charge in [-0.15, -0.1) is 0 Å². The predicted octanol–water partition coefficient (Wildman–Crippen LogP) is -3.00. The molecule has 0 radical (unpaired) electrons. The largest absolute Gasteiger partial charge is 1.00 e. The molecule has 4 amide bonds. The van der Waals surface area contributed by atoms with E-state index in [1.165, 1.54) is 36.4 Å². The molecule has 4 unspecified atom stereocenters. The SMILES string of the molecule is CCCN1CCNCCN(CC[N+](Cc2ccccc2)(CC(C)O)CC(C)O)CCN(C)CCN(CC)CCNC(=O)c2cc(C(=O)O)cc(c2)C(=O)NCCN(CCC)CCNCCN(CC[N+](Cc2ccccc2)(CC(C)O)CC(C)O)CCN(C)CCN(CC)CCNC(=O)c2cc(C(=O)O)cc(c2)C(=O)NCC1.[Cl-].[Cl-]. The van der Waals surface area contributed by atoms with Gasteiger partial charge in [0.05, 0.1) is 24.2 Å². The molecule has 1 heterocycles. The van der Waals surface area contributed by atoms with Gasteiger partial charge in [-0.3, -0.25) is 29.0 Å². The number of fused-ring (bicyclic) bond motifs is 4. The molecule has 114 heavy (non-hydrogen) atoms. The molecular formula is C84H142Cl2N16O12. The van der Waals surface area contributed by atoms with Crippen LogP contribution in [0.3, 0.4) is 0 Å². The highest BCUT2D eigenvalue weighted by Crippen LogP contribution is 2.21. The molecule has 4 aromatic carbocycles. The summed E-state index contributed by atoms with van der Waals surface area (Å²) in [7, 11) is 4.20. The first-order valence-corrected chi connectivity index (χ1v) is 41.2. The second kappa shape index (κ2) is 56.1. The lowest BCUT2D eigenvalue weighted by molar-refractivity contribution is -0.945. The van der Waals surface area contributed by atoms with Crippen LogP contribution in [0, 0.1) is 0 Å². The first kappa shape index (κ1) is 102. The zero-order valence-electron chi connectivity index (χ0n) is 70.2. The maximum absolute atomic E-state index is 13.8. The van der Waals surface area contributed by atoms with Crippen LogP contribution in [0.4, 0.5) is 0 Å². The first-order chi connectivity index (χ1) is 53.6. The normalized spacial score (nSPS) is 19.6. The predicted molar refractivity (Wildman–Crippen MR) is 444 cm³/mol. The van der Waals surface area contributed by atoms with Crippen LogP contribution < -0.4 is 56.7 Å². The van der Waals surface area contributed by atoms with Crippen LogP contribution in [0.5, 0.6) is 0 Å². The van der Waals surface area contributed by atoms with Gasteiger partial charge in [0.15, 0.2) is 0 Å². The number of halogens is 2. The monoisotopic (exact) mass is 1640 g/mol. The molecule has 4 aromatic rings. The Morgan fingerprint density at radius 1 is 0.368 bits per heavy atom. The smallest absolute Gasteiger partial charge is 0.335 e. The van der Waals surface area contributed by atoms with E-state index in [-0.39, 0.29) is 58.2 Å². The number of hydrogen-bond acceptors (Lipinski definition) is 20. The minimum atomic E-state index is -1.25. The summed E-state index contributed by atoms with van der Waals surface area (Å²) in [5, 5.41) is 83.4. The number of carbonyl (C=O) groups is 6. The fraction of sp³-hybridized carbons (Fsp3) is 0.643. The van der Waals surface area contributed by atoms with Gasteiger partial charge in [-0.05, 0) is 117 Å². The molecule has 28 nitrogen and oxygen atoms in total. The van der Waals surface area contributed by atoms with Crippen LogP contribution in [-0.2, 0) is 13.1 Å². The molecule has 1 aliphatic heterocycles. The molecule has 0 saturated carbocycles. The molecule has 0 spiro atoms. The lowest BCUT2D eigenvalue weighted by Crippen LogP contribution is -3.00. The lowest BCUT2D eigenvalue weighted by atomic mass is 10.0. The van der Waals surface area contributed by atoms with Crippen LogP contribution in [0.25, 0.3) is 0 Å². The summed E-state index contributed by atoms with van der Waals surface area (Å²) < 4.78 is 1.00. The Labute approximate surface area is 693 Å². The van der Waals surface area contributed by atoms with Crippen LogP contribution in [0.1, 0.15) is 142 Å². The summed E-state index contributed by atoms with van der Waals surface area (Å²) in [4.78, 5) is 98.8. The van der Waals surface area contributed by atoms with Gasteiger partial charge in [0.2, 0.25) is 0 Å². The number of aliphatic hydroxyl groups excluding tert-OH is 4. The molecule has 1 aliphatic rings. The van der Waals surface area contributed by atoms with Gasteiger partial charge >= 0.3 is 11.9 Å².